The van der Waals surface area contributed by atoms with Gasteiger partial charge in [0.2, 0.25) is 5.95 Å². The summed E-state index contributed by atoms with van der Waals surface area (Å²) in [5.74, 6) is 1.49. The number of rotatable bonds is 4. The van der Waals surface area contributed by atoms with E-state index in [0.717, 1.165) is 22.8 Å². The molecule has 1 saturated carbocycles. The third kappa shape index (κ3) is 3.69. The van der Waals surface area contributed by atoms with Gasteiger partial charge in [-0.05, 0) is 44.4 Å². The third-order valence-electron chi connectivity index (χ3n) is 4.00. The molecule has 3 rings (SSSR count). The standard InChI is InChI=1S/C17H21ClN4/c1-11-7-8-13(18)10-15(11)21-16-9-12(2)19-17(22-16)20-14-5-3-4-6-14/h7-10,14H,3-6H2,1-2H3,(H2,19,20,21,22). The molecule has 0 spiro atoms. The van der Waals surface area contributed by atoms with Crippen molar-refractivity contribution in [3.05, 3.63) is 40.5 Å². The van der Waals surface area contributed by atoms with Gasteiger partial charge in [0.25, 0.3) is 0 Å². The zero-order chi connectivity index (χ0) is 15.5. The van der Waals surface area contributed by atoms with Crippen molar-refractivity contribution in [2.24, 2.45) is 0 Å². The maximum absolute atomic E-state index is 6.07. The van der Waals surface area contributed by atoms with Crippen LogP contribution in [-0.4, -0.2) is 16.0 Å². The SMILES string of the molecule is Cc1cc(Nc2cc(Cl)ccc2C)nc(NC2CCCC2)n1. The zero-order valence-corrected chi connectivity index (χ0v) is 13.7. The van der Waals surface area contributed by atoms with Crippen LogP contribution in [0.5, 0.6) is 0 Å². The van der Waals surface area contributed by atoms with Gasteiger partial charge in [0, 0.05) is 28.5 Å². The lowest BCUT2D eigenvalue weighted by molar-refractivity contribution is 0.743. The molecule has 116 valence electrons. The van der Waals surface area contributed by atoms with Gasteiger partial charge in [0.15, 0.2) is 0 Å². The molecule has 1 aromatic heterocycles. The topological polar surface area (TPSA) is 49.8 Å². The van der Waals surface area contributed by atoms with Crippen molar-refractivity contribution >= 4 is 29.1 Å². The second-order valence-electron chi connectivity index (χ2n) is 5.93. The van der Waals surface area contributed by atoms with E-state index in [1.54, 1.807) is 0 Å². The number of hydrogen-bond donors (Lipinski definition) is 2. The Bertz CT molecular complexity index is 666. The molecule has 0 atom stereocenters. The van der Waals surface area contributed by atoms with Crippen molar-refractivity contribution in [2.45, 2.75) is 45.6 Å². The number of nitrogens with one attached hydrogen (secondary N) is 2. The molecule has 0 unspecified atom stereocenters. The van der Waals surface area contributed by atoms with Crippen LogP contribution in [0.1, 0.15) is 36.9 Å². The smallest absolute Gasteiger partial charge is 0.225 e. The molecule has 5 heteroatoms. The van der Waals surface area contributed by atoms with Gasteiger partial charge in [-0.2, -0.15) is 4.98 Å². The molecule has 0 amide bonds. The van der Waals surface area contributed by atoms with E-state index in [9.17, 15) is 0 Å². The Morgan fingerprint density at radius 2 is 1.86 bits per heavy atom. The number of hydrogen-bond acceptors (Lipinski definition) is 4. The first-order chi connectivity index (χ1) is 10.6. The highest BCUT2D eigenvalue weighted by Gasteiger charge is 2.16. The van der Waals surface area contributed by atoms with Crippen LogP contribution in [0, 0.1) is 13.8 Å². The molecule has 1 fully saturated rings. The number of halogens is 1. The molecule has 1 aromatic carbocycles. The normalized spacial score (nSPS) is 15.0. The Hall–Kier alpha value is -1.81. The monoisotopic (exact) mass is 316 g/mol. The summed E-state index contributed by atoms with van der Waals surface area (Å²) in [7, 11) is 0. The van der Waals surface area contributed by atoms with Crippen LogP contribution in [0.2, 0.25) is 5.02 Å². The summed E-state index contributed by atoms with van der Waals surface area (Å²) in [6, 6.07) is 8.25. The molecule has 1 heterocycles. The lowest BCUT2D eigenvalue weighted by atomic mass is 10.2. The van der Waals surface area contributed by atoms with Crippen molar-refractivity contribution in [2.75, 3.05) is 10.6 Å². The number of nitrogens with zero attached hydrogens (tertiary/aromatic N) is 2. The Morgan fingerprint density at radius 1 is 1.09 bits per heavy atom. The van der Waals surface area contributed by atoms with Gasteiger partial charge in [-0.25, -0.2) is 4.98 Å². The maximum atomic E-state index is 6.07. The van der Waals surface area contributed by atoms with E-state index in [1.165, 1.54) is 25.7 Å². The van der Waals surface area contributed by atoms with E-state index in [2.05, 4.69) is 20.6 Å². The largest absolute Gasteiger partial charge is 0.351 e. The molecule has 0 bridgehead atoms. The fourth-order valence-electron chi connectivity index (χ4n) is 2.82. The minimum atomic E-state index is 0.502. The summed E-state index contributed by atoms with van der Waals surface area (Å²) >= 11 is 6.07. The highest BCUT2D eigenvalue weighted by atomic mass is 35.5. The Labute approximate surface area is 136 Å². The van der Waals surface area contributed by atoms with Crippen LogP contribution in [0.25, 0.3) is 0 Å². The molecule has 1 aliphatic carbocycles. The lowest BCUT2D eigenvalue weighted by Gasteiger charge is -2.14. The molecular weight excluding hydrogens is 296 g/mol. The molecular formula is C17H21ClN4. The van der Waals surface area contributed by atoms with Gasteiger partial charge >= 0.3 is 0 Å². The first-order valence-electron chi connectivity index (χ1n) is 7.75. The molecule has 2 N–H and O–H groups in total. The second-order valence-corrected chi connectivity index (χ2v) is 6.36. The predicted molar refractivity (Wildman–Crippen MR) is 92.1 cm³/mol. The summed E-state index contributed by atoms with van der Waals surface area (Å²) in [6.07, 6.45) is 4.98. The van der Waals surface area contributed by atoms with Crippen LogP contribution in [0.4, 0.5) is 17.5 Å². The summed E-state index contributed by atoms with van der Waals surface area (Å²) in [5, 5.41) is 7.50. The number of aromatic nitrogens is 2. The van der Waals surface area contributed by atoms with Crippen molar-refractivity contribution in [3.8, 4) is 0 Å². The molecule has 0 aliphatic heterocycles. The van der Waals surface area contributed by atoms with E-state index in [4.69, 9.17) is 11.6 Å². The van der Waals surface area contributed by atoms with Gasteiger partial charge in [-0.3, -0.25) is 0 Å². The van der Waals surface area contributed by atoms with Crippen LogP contribution in [0.3, 0.4) is 0 Å². The Morgan fingerprint density at radius 3 is 2.64 bits per heavy atom. The van der Waals surface area contributed by atoms with Gasteiger partial charge in [-0.1, -0.05) is 30.5 Å². The molecule has 2 aromatic rings. The van der Waals surface area contributed by atoms with Gasteiger partial charge in [-0.15, -0.1) is 0 Å². The van der Waals surface area contributed by atoms with Crippen LogP contribution in [0.15, 0.2) is 24.3 Å². The summed E-state index contributed by atoms with van der Waals surface area (Å²) in [6.45, 7) is 4.03. The van der Waals surface area contributed by atoms with E-state index >= 15 is 0 Å². The molecule has 0 radical (unpaired) electrons. The van der Waals surface area contributed by atoms with Crippen molar-refractivity contribution in [3.63, 3.8) is 0 Å². The summed E-state index contributed by atoms with van der Waals surface area (Å²) in [4.78, 5) is 9.08. The number of benzene rings is 1. The highest BCUT2D eigenvalue weighted by Crippen LogP contribution is 2.25. The Balaban J connectivity index is 1.81. The third-order valence-corrected chi connectivity index (χ3v) is 4.24. The molecule has 22 heavy (non-hydrogen) atoms. The predicted octanol–water partition coefficient (Wildman–Crippen LogP) is 4.84. The molecule has 4 nitrogen and oxygen atoms in total. The second kappa shape index (κ2) is 6.53. The van der Waals surface area contributed by atoms with Gasteiger partial charge in [0.1, 0.15) is 5.82 Å². The van der Waals surface area contributed by atoms with Crippen LogP contribution in [-0.2, 0) is 0 Å². The van der Waals surface area contributed by atoms with Crippen molar-refractivity contribution in [1.82, 2.24) is 9.97 Å². The first kappa shape index (κ1) is 15.1. The number of aryl methyl sites for hydroxylation is 2. The average molecular weight is 317 g/mol. The van der Waals surface area contributed by atoms with E-state index in [0.29, 0.717) is 17.0 Å². The van der Waals surface area contributed by atoms with Crippen molar-refractivity contribution in [1.29, 1.82) is 0 Å². The quantitative estimate of drug-likeness (QED) is 0.847. The number of anilines is 3. The van der Waals surface area contributed by atoms with E-state index in [1.807, 2.05) is 38.1 Å². The van der Waals surface area contributed by atoms with E-state index in [-0.39, 0.29) is 0 Å². The maximum Gasteiger partial charge on any atom is 0.225 e. The minimum absolute atomic E-state index is 0.502. The first-order valence-corrected chi connectivity index (χ1v) is 8.13. The Kier molecular flexibility index (Phi) is 4.48. The zero-order valence-electron chi connectivity index (χ0n) is 13.0. The highest BCUT2D eigenvalue weighted by molar-refractivity contribution is 6.30. The summed E-state index contributed by atoms with van der Waals surface area (Å²) in [5.41, 5.74) is 3.04. The fraction of sp³-hybridized carbons (Fsp3) is 0.412. The summed E-state index contributed by atoms with van der Waals surface area (Å²) < 4.78 is 0. The van der Waals surface area contributed by atoms with Crippen LogP contribution >= 0.6 is 11.6 Å². The van der Waals surface area contributed by atoms with Crippen LogP contribution < -0.4 is 10.6 Å². The van der Waals surface area contributed by atoms with E-state index < -0.39 is 0 Å². The minimum Gasteiger partial charge on any atom is -0.351 e. The van der Waals surface area contributed by atoms with Crippen molar-refractivity contribution < 1.29 is 0 Å². The van der Waals surface area contributed by atoms with Gasteiger partial charge in [0.05, 0.1) is 0 Å². The fourth-order valence-corrected chi connectivity index (χ4v) is 2.99. The lowest BCUT2D eigenvalue weighted by Crippen LogP contribution is -2.17. The average Bonchev–Trinajstić information content (AvgIpc) is 2.95. The molecule has 0 saturated heterocycles. The van der Waals surface area contributed by atoms with Gasteiger partial charge < -0.3 is 10.6 Å². The molecule has 1 aliphatic rings.